The molecular formula is C42H42Cl2N4O16. The molecule has 0 heterocycles. The number of phenolic OH excluding ortho intramolecular Hbond substituents is 2. The van der Waals surface area contributed by atoms with Crippen molar-refractivity contribution in [2.24, 2.45) is 35.1 Å². The van der Waals surface area contributed by atoms with Crippen molar-refractivity contribution in [3.05, 3.63) is 102 Å². The maximum absolute atomic E-state index is 13.3. The molecule has 0 saturated heterocycles. The lowest BCUT2D eigenvalue weighted by molar-refractivity contribution is -0.150. The molecule has 22 heteroatoms. The number of fused-ring (bicyclic) bond motifs is 6. The summed E-state index contributed by atoms with van der Waals surface area (Å²) in [4.78, 5) is 79.4. The van der Waals surface area contributed by atoms with E-state index in [4.69, 9.17) is 34.7 Å². The number of amides is 2. The third kappa shape index (κ3) is 6.04. The van der Waals surface area contributed by atoms with Gasteiger partial charge >= 0.3 is 0 Å². The van der Waals surface area contributed by atoms with E-state index in [0.717, 1.165) is 12.1 Å². The number of nitrogens with zero attached hydrogens (tertiary/aromatic N) is 2. The summed E-state index contributed by atoms with van der Waals surface area (Å²) >= 11 is 12.3. The van der Waals surface area contributed by atoms with E-state index in [1.54, 1.807) is 0 Å². The maximum atomic E-state index is 13.3. The number of carbonyl (C=O) groups is 6. The van der Waals surface area contributed by atoms with Crippen molar-refractivity contribution in [1.82, 2.24) is 9.80 Å². The fourth-order valence-corrected chi connectivity index (χ4v) is 11.0. The normalized spacial score (nSPS) is 32.1. The van der Waals surface area contributed by atoms with Gasteiger partial charge in [-0.2, -0.15) is 0 Å². The number of Topliss-reactive ketones (excluding diaryl/α,β-unsaturated/α-hetero) is 4. The van der Waals surface area contributed by atoms with Gasteiger partial charge in [-0.1, -0.05) is 23.2 Å². The quantitative estimate of drug-likeness (QED) is 0.186. The molecule has 6 aliphatic rings. The highest BCUT2D eigenvalue weighted by Crippen LogP contribution is 2.57. The van der Waals surface area contributed by atoms with Crippen LogP contribution >= 0.6 is 23.2 Å². The second-order valence-electron chi connectivity index (χ2n) is 16.9. The highest BCUT2D eigenvalue weighted by atomic mass is 35.5. The van der Waals surface area contributed by atoms with Crippen LogP contribution in [-0.2, 0) is 19.2 Å². The van der Waals surface area contributed by atoms with Crippen molar-refractivity contribution in [2.75, 3.05) is 28.2 Å². The van der Waals surface area contributed by atoms with Gasteiger partial charge in [0.1, 0.15) is 45.7 Å². The Morgan fingerprint density at radius 1 is 0.609 bits per heavy atom. The van der Waals surface area contributed by atoms with Crippen molar-refractivity contribution < 1.29 is 79.8 Å². The van der Waals surface area contributed by atoms with Crippen LogP contribution in [-0.4, -0.2) is 147 Å². The predicted octanol–water partition coefficient (Wildman–Crippen LogP) is 0.530. The Morgan fingerprint density at radius 3 is 1.20 bits per heavy atom. The van der Waals surface area contributed by atoms with Crippen LogP contribution in [0.25, 0.3) is 0 Å². The number of aliphatic hydroxyl groups is 8. The summed E-state index contributed by atoms with van der Waals surface area (Å²) < 4.78 is 0. The first-order chi connectivity index (χ1) is 29.7. The lowest BCUT2D eigenvalue weighted by atomic mass is 9.58. The van der Waals surface area contributed by atoms with Crippen LogP contribution in [0, 0.1) is 23.7 Å². The third-order valence-electron chi connectivity index (χ3n) is 13.3. The molecule has 2 aromatic carbocycles. The number of hydrogen-bond donors (Lipinski definition) is 12. The van der Waals surface area contributed by atoms with Crippen molar-refractivity contribution in [2.45, 2.75) is 48.3 Å². The van der Waals surface area contributed by atoms with E-state index in [-0.39, 0.29) is 45.1 Å². The fourth-order valence-electron chi connectivity index (χ4n) is 10.5. The monoisotopic (exact) mass is 928 g/mol. The van der Waals surface area contributed by atoms with Crippen LogP contribution in [0.3, 0.4) is 0 Å². The Kier molecular flexibility index (Phi) is 11.1. The number of aliphatic hydroxyl groups excluding tert-OH is 6. The number of aromatic hydroxyl groups is 2. The number of nitrogens with two attached hydrogens (primary N) is 2. The van der Waals surface area contributed by atoms with E-state index >= 15 is 0 Å². The Bertz CT molecular complexity index is 2490. The van der Waals surface area contributed by atoms with E-state index in [9.17, 15) is 79.8 Å². The summed E-state index contributed by atoms with van der Waals surface area (Å²) in [5.74, 6) is -16.4. The summed E-state index contributed by atoms with van der Waals surface area (Å²) in [5, 5.41) is 109. The molecule has 6 aliphatic carbocycles. The summed E-state index contributed by atoms with van der Waals surface area (Å²) in [5.41, 5.74) is 1.48. The number of primary amides is 2. The van der Waals surface area contributed by atoms with Crippen LogP contribution in [0.2, 0.25) is 10.0 Å². The highest BCUT2D eigenvalue weighted by molar-refractivity contribution is 6.33. The van der Waals surface area contributed by atoms with E-state index in [1.165, 1.54) is 50.1 Å². The van der Waals surface area contributed by atoms with E-state index in [2.05, 4.69) is 0 Å². The van der Waals surface area contributed by atoms with Crippen LogP contribution in [0.1, 0.15) is 56.9 Å². The molecule has 0 aliphatic heterocycles. The van der Waals surface area contributed by atoms with Crippen molar-refractivity contribution in [1.29, 1.82) is 0 Å². The Balaban J connectivity index is 0.000000191. The maximum Gasteiger partial charge on any atom is 0.255 e. The Hall–Kier alpha value is -5.84. The van der Waals surface area contributed by atoms with Crippen LogP contribution in [0.15, 0.2) is 69.6 Å². The van der Waals surface area contributed by atoms with E-state index in [1.807, 2.05) is 0 Å². The molecule has 8 rings (SSSR count). The molecular weight excluding hydrogens is 887 g/mol. The number of halogens is 2. The number of likely N-dealkylation sites (N-methyl/N-ethyl adjacent to an activating group) is 2. The Morgan fingerprint density at radius 2 is 0.922 bits per heavy atom. The van der Waals surface area contributed by atoms with Gasteiger partial charge in [0.15, 0.2) is 22.8 Å². The SMILES string of the molecule is CN(C)[C@@H]1C(O)=C(C(N)=O)C(=O)[C@@]2(O)C(O)=C3C(=O)c4c(O)ccc(Cl)c4[C@@H](O)[C@H]3C[C@@H]12.CN(C)[C@@H]1C(O)=C(C(N)=O)C(=O)[C@@]2(O)C(O)=C3C(=O)c4c(O)ccc(Cl)c4[C@@H](O)[C@H]3C[C@@H]12. The van der Waals surface area contributed by atoms with Crippen LogP contribution in [0.5, 0.6) is 11.5 Å². The summed E-state index contributed by atoms with van der Waals surface area (Å²) in [6, 6.07) is 2.61. The zero-order valence-electron chi connectivity index (χ0n) is 34.1. The minimum absolute atomic E-state index is 0.0145. The first-order valence-corrected chi connectivity index (χ1v) is 20.1. The molecule has 0 fully saturated rings. The van der Waals surface area contributed by atoms with E-state index < -0.39 is 151 Å². The van der Waals surface area contributed by atoms with Gasteiger partial charge in [0.25, 0.3) is 11.8 Å². The molecule has 2 aromatic rings. The zero-order valence-corrected chi connectivity index (χ0v) is 35.6. The lowest BCUT2D eigenvalue weighted by Crippen LogP contribution is -2.64. The minimum atomic E-state index is -2.77. The average molecular weight is 930 g/mol. The molecule has 0 radical (unpaired) electrons. The van der Waals surface area contributed by atoms with Gasteiger partial charge in [-0.3, -0.25) is 38.6 Å². The molecule has 14 N–H and O–H groups in total. The van der Waals surface area contributed by atoms with E-state index in [0.29, 0.717) is 0 Å². The number of benzene rings is 2. The van der Waals surface area contributed by atoms with Crippen molar-refractivity contribution in [3.8, 4) is 11.5 Å². The molecule has 340 valence electrons. The predicted molar refractivity (Wildman–Crippen MR) is 220 cm³/mol. The van der Waals surface area contributed by atoms with Crippen LogP contribution < -0.4 is 11.5 Å². The number of carbonyl (C=O) groups excluding carboxylic acids is 6. The number of rotatable bonds is 4. The van der Waals surface area contributed by atoms with Crippen molar-refractivity contribution >= 4 is 58.1 Å². The molecule has 0 bridgehead atoms. The summed E-state index contributed by atoms with van der Waals surface area (Å²) in [6.45, 7) is 0. The standard InChI is InChI=1S/2C21H21ClN2O8/c2*1-24(2)14-7-5-6-10(16(27)12-9(25)4-3-8(22)11(12)15(6)26)18(29)21(7,32)19(30)13(17(14)28)20(23)31/h2*3-4,6-7,14-15,25-26,28-29,32H,5H2,1-2H3,(H2,23,31)/t2*6-,7-,14-,15-,21-/m00/s1. The van der Waals surface area contributed by atoms with Gasteiger partial charge in [-0.05, 0) is 65.3 Å². The topological polar surface area (TPSA) is 363 Å². The third-order valence-corrected chi connectivity index (χ3v) is 13.9. The summed E-state index contributed by atoms with van der Waals surface area (Å²) in [6.07, 6.45) is -3.41. The second-order valence-corrected chi connectivity index (χ2v) is 17.8. The van der Waals surface area contributed by atoms with Gasteiger partial charge < -0.3 is 62.5 Å². The molecule has 0 aromatic heterocycles. The fraction of sp³-hybridized carbons (Fsp3) is 0.381. The van der Waals surface area contributed by atoms with Crippen molar-refractivity contribution in [3.63, 3.8) is 0 Å². The van der Waals surface area contributed by atoms with Gasteiger partial charge in [0, 0.05) is 56.0 Å². The molecule has 64 heavy (non-hydrogen) atoms. The largest absolute Gasteiger partial charge is 0.510 e. The van der Waals surface area contributed by atoms with Gasteiger partial charge in [0.05, 0.1) is 35.4 Å². The number of ketones is 4. The molecule has 20 nitrogen and oxygen atoms in total. The first-order valence-electron chi connectivity index (χ1n) is 19.4. The molecule has 0 spiro atoms. The smallest absolute Gasteiger partial charge is 0.255 e. The number of phenols is 2. The lowest BCUT2D eigenvalue weighted by Gasteiger charge is -2.50. The minimum Gasteiger partial charge on any atom is -0.510 e. The number of hydrogen-bond acceptors (Lipinski definition) is 18. The zero-order chi connectivity index (χ0) is 47.7. The average Bonchev–Trinajstić information content (AvgIpc) is 3.19. The Labute approximate surface area is 371 Å². The van der Waals surface area contributed by atoms with Crippen LogP contribution in [0.4, 0.5) is 0 Å². The van der Waals surface area contributed by atoms with Gasteiger partial charge in [-0.15, -0.1) is 0 Å². The van der Waals surface area contributed by atoms with Gasteiger partial charge in [0.2, 0.25) is 11.6 Å². The first kappa shape index (κ1) is 46.2. The molecule has 0 unspecified atom stereocenters. The second kappa shape index (κ2) is 15.4. The molecule has 2 amide bonds. The van der Waals surface area contributed by atoms with Gasteiger partial charge in [-0.25, -0.2) is 0 Å². The molecule has 0 saturated carbocycles. The molecule has 10 atom stereocenters. The highest BCUT2D eigenvalue weighted by Gasteiger charge is 2.66. The summed E-state index contributed by atoms with van der Waals surface area (Å²) in [7, 11) is 6.05.